The Balaban J connectivity index is 1.91. The predicted molar refractivity (Wildman–Crippen MR) is 92.5 cm³/mol. The maximum Gasteiger partial charge on any atom is 0.348 e. The third kappa shape index (κ3) is 3.19. The maximum atomic E-state index is 12.1. The molecule has 0 aromatic carbocycles. The molecule has 2 aromatic heterocycles. The fourth-order valence-corrected chi connectivity index (χ4v) is 3.94. The molecule has 8 heteroatoms. The van der Waals surface area contributed by atoms with Crippen molar-refractivity contribution in [2.45, 2.75) is 39.7 Å². The van der Waals surface area contributed by atoms with Gasteiger partial charge in [-0.2, -0.15) is 0 Å². The number of carbonyl (C=O) groups excluding carboxylic acids is 2. The summed E-state index contributed by atoms with van der Waals surface area (Å²) in [5, 5.41) is 7.08. The third-order valence-electron chi connectivity index (χ3n) is 3.96. The highest BCUT2D eigenvalue weighted by atomic mass is 32.1. The largest absolute Gasteiger partial charge is 0.462 e. The van der Waals surface area contributed by atoms with Crippen LogP contribution in [0.3, 0.4) is 0 Å². The molecule has 0 bridgehead atoms. The molecule has 0 aliphatic carbocycles. The highest BCUT2D eigenvalue weighted by Gasteiger charge is 2.23. The Kier molecular flexibility index (Phi) is 4.66. The van der Waals surface area contributed by atoms with Crippen molar-refractivity contribution in [1.29, 1.82) is 0 Å². The van der Waals surface area contributed by atoms with Crippen molar-refractivity contribution in [2.24, 2.45) is 0 Å². The van der Waals surface area contributed by atoms with E-state index in [0.29, 0.717) is 36.1 Å². The fraction of sp³-hybridized carbons (Fsp3) is 0.500. The fourth-order valence-electron chi connectivity index (χ4n) is 2.82. The van der Waals surface area contributed by atoms with Gasteiger partial charge in [0.25, 0.3) is 0 Å². The summed E-state index contributed by atoms with van der Waals surface area (Å²) in [5.74, 6) is 1.09. The minimum atomic E-state index is -0.329. The molecule has 0 radical (unpaired) electrons. The van der Waals surface area contributed by atoms with E-state index in [4.69, 9.17) is 4.74 Å². The molecular weight excluding hydrogens is 328 g/mol. The summed E-state index contributed by atoms with van der Waals surface area (Å²) in [4.78, 5) is 33.7. The molecule has 0 unspecified atom stereocenters. The summed E-state index contributed by atoms with van der Waals surface area (Å²) in [6, 6.07) is 0.103. The highest BCUT2D eigenvalue weighted by Crippen LogP contribution is 2.34. The lowest BCUT2D eigenvalue weighted by molar-refractivity contribution is -0.119. The molecule has 1 saturated heterocycles. The van der Waals surface area contributed by atoms with Gasteiger partial charge in [-0.25, -0.2) is 14.8 Å². The number of hydrogen-bond acceptors (Lipinski definition) is 7. The number of anilines is 1. The monoisotopic (exact) mass is 348 g/mol. The number of hydrogen-bond donors (Lipinski definition) is 2. The second kappa shape index (κ2) is 6.72. The van der Waals surface area contributed by atoms with Crippen LogP contribution < -0.4 is 10.6 Å². The standard InChI is InChI=1S/C16H20N4O3S/c1-4-23-16(22)13-8(2)12-14(18-9(3)19-15(12)24-13)17-7-10-5-6-11(21)20-10/h10H,4-7H2,1-3H3,(H,20,21)(H,17,18,19)/t10-/m1/s1. The number of thiophene rings is 1. The zero-order valence-corrected chi connectivity index (χ0v) is 14.7. The first-order chi connectivity index (χ1) is 11.5. The van der Waals surface area contributed by atoms with Gasteiger partial charge >= 0.3 is 5.97 Å². The molecule has 1 amide bonds. The molecule has 2 aromatic rings. The van der Waals surface area contributed by atoms with Gasteiger partial charge in [0.1, 0.15) is 21.3 Å². The van der Waals surface area contributed by atoms with Gasteiger partial charge in [0.2, 0.25) is 5.91 Å². The summed E-state index contributed by atoms with van der Waals surface area (Å²) in [7, 11) is 0. The van der Waals surface area contributed by atoms with Gasteiger partial charge in [0.05, 0.1) is 12.0 Å². The number of fused-ring (bicyclic) bond motifs is 1. The average molecular weight is 348 g/mol. The van der Waals surface area contributed by atoms with E-state index in [0.717, 1.165) is 22.2 Å². The van der Waals surface area contributed by atoms with Crippen LogP contribution in [0.15, 0.2) is 0 Å². The molecule has 1 atom stereocenters. The normalized spacial score (nSPS) is 17.1. The SMILES string of the molecule is CCOC(=O)c1sc2nc(C)nc(NC[C@H]3CCC(=O)N3)c2c1C. The van der Waals surface area contributed by atoms with Crippen LogP contribution in [0.2, 0.25) is 0 Å². The van der Waals surface area contributed by atoms with E-state index in [9.17, 15) is 9.59 Å². The van der Waals surface area contributed by atoms with Crippen molar-refractivity contribution in [3.63, 3.8) is 0 Å². The summed E-state index contributed by atoms with van der Waals surface area (Å²) < 4.78 is 5.12. The average Bonchev–Trinajstić information content (AvgIpc) is 3.09. The number of esters is 1. The zero-order valence-electron chi connectivity index (χ0n) is 13.9. The number of carbonyl (C=O) groups is 2. The molecule has 24 heavy (non-hydrogen) atoms. The molecule has 1 fully saturated rings. The number of rotatable bonds is 5. The molecule has 0 spiro atoms. The van der Waals surface area contributed by atoms with Crippen LogP contribution in [0.1, 0.15) is 40.8 Å². The number of aromatic nitrogens is 2. The van der Waals surface area contributed by atoms with E-state index in [-0.39, 0.29) is 17.9 Å². The van der Waals surface area contributed by atoms with E-state index in [2.05, 4.69) is 20.6 Å². The summed E-state index contributed by atoms with van der Waals surface area (Å²) in [5.41, 5.74) is 0.825. The minimum Gasteiger partial charge on any atom is -0.462 e. The molecular formula is C16H20N4O3S. The van der Waals surface area contributed by atoms with Crippen LogP contribution in [-0.4, -0.2) is 41.0 Å². The van der Waals surface area contributed by atoms with Crippen LogP contribution in [0, 0.1) is 13.8 Å². The quantitative estimate of drug-likeness (QED) is 0.805. The van der Waals surface area contributed by atoms with Crippen LogP contribution in [0.5, 0.6) is 0 Å². The number of nitrogens with one attached hydrogen (secondary N) is 2. The van der Waals surface area contributed by atoms with E-state index in [1.165, 1.54) is 11.3 Å². The lowest BCUT2D eigenvalue weighted by Gasteiger charge is -2.13. The first-order valence-electron chi connectivity index (χ1n) is 7.97. The lowest BCUT2D eigenvalue weighted by Crippen LogP contribution is -2.32. The van der Waals surface area contributed by atoms with Gasteiger partial charge in [-0.15, -0.1) is 11.3 Å². The van der Waals surface area contributed by atoms with Crippen molar-refractivity contribution in [3.05, 3.63) is 16.3 Å². The van der Waals surface area contributed by atoms with Crippen molar-refractivity contribution in [3.8, 4) is 0 Å². The molecule has 1 aliphatic heterocycles. The predicted octanol–water partition coefficient (Wildman–Crippen LogP) is 2.18. The first kappa shape index (κ1) is 16.6. The van der Waals surface area contributed by atoms with Gasteiger partial charge in [0.15, 0.2) is 0 Å². The molecule has 3 rings (SSSR count). The molecule has 2 N–H and O–H groups in total. The van der Waals surface area contributed by atoms with Crippen molar-refractivity contribution in [1.82, 2.24) is 15.3 Å². The van der Waals surface area contributed by atoms with Crippen molar-refractivity contribution >= 4 is 39.2 Å². The number of ether oxygens (including phenoxy) is 1. The molecule has 128 valence electrons. The van der Waals surface area contributed by atoms with Crippen LogP contribution in [-0.2, 0) is 9.53 Å². The lowest BCUT2D eigenvalue weighted by atomic mass is 10.2. The van der Waals surface area contributed by atoms with Gasteiger partial charge < -0.3 is 15.4 Å². The van der Waals surface area contributed by atoms with Crippen LogP contribution in [0.25, 0.3) is 10.2 Å². The van der Waals surface area contributed by atoms with E-state index >= 15 is 0 Å². The second-order valence-corrected chi connectivity index (χ2v) is 6.76. The Bertz CT molecular complexity index is 802. The van der Waals surface area contributed by atoms with Crippen LogP contribution in [0.4, 0.5) is 5.82 Å². The zero-order chi connectivity index (χ0) is 17.3. The first-order valence-corrected chi connectivity index (χ1v) is 8.79. The number of nitrogens with zero attached hydrogens (tertiary/aromatic N) is 2. The Morgan fingerprint density at radius 1 is 1.42 bits per heavy atom. The molecule has 1 aliphatic rings. The van der Waals surface area contributed by atoms with Gasteiger partial charge in [-0.05, 0) is 32.8 Å². The summed E-state index contributed by atoms with van der Waals surface area (Å²) in [6.45, 7) is 6.42. The molecule has 3 heterocycles. The third-order valence-corrected chi connectivity index (χ3v) is 5.13. The topological polar surface area (TPSA) is 93.2 Å². The Hall–Kier alpha value is -2.22. The summed E-state index contributed by atoms with van der Waals surface area (Å²) >= 11 is 1.32. The summed E-state index contributed by atoms with van der Waals surface area (Å²) in [6.07, 6.45) is 1.38. The van der Waals surface area contributed by atoms with E-state index in [1.807, 2.05) is 13.8 Å². The molecule has 0 saturated carbocycles. The smallest absolute Gasteiger partial charge is 0.348 e. The Morgan fingerprint density at radius 2 is 2.21 bits per heavy atom. The number of aryl methyl sites for hydroxylation is 2. The van der Waals surface area contributed by atoms with Gasteiger partial charge in [0, 0.05) is 19.0 Å². The molecule has 7 nitrogen and oxygen atoms in total. The number of amides is 1. The van der Waals surface area contributed by atoms with Gasteiger partial charge in [-0.3, -0.25) is 4.79 Å². The Morgan fingerprint density at radius 3 is 2.88 bits per heavy atom. The second-order valence-electron chi connectivity index (χ2n) is 5.76. The van der Waals surface area contributed by atoms with Crippen molar-refractivity contribution < 1.29 is 14.3 Å². The van der Waals surface area contributed by atoms with E-state index in [1.54, 1.807) is 6.92 Å². The van der Waals surface area contributed by atoms with E-state index < -0.39 is 0 Å². The maximum absolute atomic E-state index is 12.1. The van der Waals surface area contributed by atoms with Crippen molar-refractivity contribution in [2.75, 3.05) is 18.5 Å². The van der Waals surface area contributed by atoms with Crippen LogP contribution >= 0.6 is 11.3 Å². The van der Waals surface area contributed by atoms with Gasteiger partial charge in [-0.1, -0.05) is 0 Å². The minimum absolute atomic E-state index is 0.0853. The Labute approximate surface area is 143 Å². The highest BCUT2D eigenvalue weighted by molar-refractivity contribution is 7.20.